The summed E-state index contributed by atoms with van der Waals surface area (Å²) in [6.07, 6.45) is 0.904. The van der Waals surface area contributed by atoms with Crippen molar-refractivity contribution >= 4 is 16.9 Å². The Morgan fingerprint density at radius 1 is 1.27 bits per heavy atom. The Balaban J connectivity index is 1.59. The first-order valence-corrected chi connectivity index (χ1v) is 8.87. The summed E-state index contributed by atoms with van der Waals surface area (Å²) in [4.78, 5) is 14.9. The third kappa shape index (κ3) is 2.66. The zero-order valence-electron chi connectivity index (χ0n) is 15.6. The van der Waals surface area contributed by atoms with Gasteiger partial charge in [-0.15, -0.1) is 0 Å². The predicted molar refractivity (Wildman–Crippen MR) is 98.8 cm³/mol. The van der Waals surface area contributed by atoms with Gasteiger partial charge in [0.15, 0.2) is 5.76 Å². The maximum absolute atomic E-state index is 13.0. The van der Waals surface area contributed by atoms with Crippen LogP contribution in [0.25, 0.3) is 11.0 Å². The van der Waals surface area contributed by atoms with Gasteiger partial charge in [0.25, 0.3) is 5.91 Å². The topological polar surface area (TPSA) is 60.5 Å². The molecule has 26 heavy (non-hydrogen) atoms. The van der Waals surface area contributed by atoms with E-state index in [4.69, 9.17) is 9.15 Å². The molecule has 0 spiro atoms. The van der Waals surface area contributed by atoms with E-state index < -0.39 is 0 Å². The number of carbonyl (C=O) groups excluding carboxylic acids is 1. The Bertz CT molecular complexity index is 986. The number of fused-ring (bicyclic) bond motifs is 1. The van der Waals surface area contributed by atoms with E-state index in [0.717, 1.165) is 34.5 Å². The van der Waals surface area contributed by atoms with E-state index in [9.17, 15) is 4.79 Å². The first-order valence-electron chi connectivity index (χ1n) is 8.87. The lowest BCUT2D eigenvalue weighted by Gasteiger charge is -2.16. The molecule has 3 heterocycles. The maximum atomic E-state index is 13.0. The highest BCUT2D eigenvalue weighted by atomic mass is 16.5. The van der Waals surface area contributed by atoms with Gasteiger partial charge in [0.2, 0.25) is 0 Å². The van der Waals surface area contributed by atoms with Gasteiger partial charge in [-0.1, -0.05) is 0 Å². The fourth-order valence-corrected chi connectivity index (χ4v) is 3.82. The van der Waals surface area contributed by atoms with Crippen LogP contribution < -0.4 is 4.74 Å². The van der Waals surface area contributed by atoms with Crippen LogP contribution in [0.5, 0.6) is 5.75 Å². The van der Waals surface area contributed by atoms with Crippen LogP contribution in [0, 0.1) is 20.8 Å². The van der Waals surface area contributed by atoms with Gasteiger partial charge in [-0.3, -0.25) is 9.48 Å². The van der Waals surface area contributed by atoms with Crippen molar-refractivity contribution in [2.75, 3.05) is 20.2 Å². The number of amides is 1. The molecule has 0 aliphatic carbocycles. The third-order valence-corrected chi connectivity index (χ3v) is 5.18. The fourth-order valence-electron chi connectivity index (χ4n) is 3.82. The van der Waals surface area contributed by atoms with Gasteiger partial charge >= 0.3 is 0 Å². The van der Waals surface area contributed by atoms with E-state index in [1.165, 1.54) is 0 Å². The largest absolute Gasteiger partial charge is 0.497 e. The van der Waals surface area contributed by atoms with Crippen molar-refractivity contribution in [3.05, 3.63) is 47.0 Å². The average molecular weight is 353 g/mol. The lowest BCUT2D eigenvalue weighted by molar-refractivity contribution is 0.0756. The van der Waals surface area contributed by atoms with Crippen LogP contribution in [0.15, 0.2) is 28.7 Å². The highest BCUT2D eigenvalue weighted by molar-refractivity contribution is 5.99. The number of furan rings is 1. The summed E-state index contributed by atoms with van der Waals surface area (Å²) in [5, 5.41) is 5.52. The molecule has 0 N–H and O–H groups in total. The molecule has 1 amide bonds. The maximum Gasteiger partial charge on any atom is 0.289 e. The van der Waals surface area contributed by atoms with E-state index in [2.05, 4.69) is 18.1 Å². The zero-order valence-corrected chi connectivity index (χ0v) is 15.6. The van der Waals surface area contributed by atoms with Crippen LogP contribution >= 0.6 is 0 Å². The Kier molecular flexibility index (Phi) is 3.98. The van der Waals surface area contributed by atoms with E-state index in [0.29, 0.717) is 24.4 Å². The van der Waals surface area contributed by atoms with Crippen LogP contribution in [0.3, 0.4) is 0 Å². The molecule has 4 rings (SSSR count). The highest BCUT2D eigenvalue weighted by Crippen LogP contribution is 2.31. The molecule has 0 unspecified atom stereocenters. The van der Waals surface area contributed by atoms with Gasteiger partial charge in [-0.2, -0.15) is 5.10 Å². The first kappa shape index (κ1) is 16.7. The molecule has 0 bridgehead atoms. The van der Waals surface area contributed by atoms with Crippen molar-refractivity contribution in [1.82, 2.24) is 14.7 Å². The summed E-state index contributed by atoms with van der Waals surface area (Å²) in [5.41, 5.74) is 3.70. The second kappa shape index (κ2) is 6.20. The van der Waals surface area contributed by atoms with Gasteiger partial charge < -0.3 is 14.1 Å². The molecule has 2 aromatic heterocycles. The van der Waals surface area contributed by atoms with Crippen molar-refractivity contribution in [3.63, 3.8) is 0 Å². The number of benzene rings is 1. The summed E-state index contributed by atoms with van der Waals surface area (Å²) < 4.78 is 13.2. The monoisotopic (exact) mass is 353 g/mol. The number of aryl methyl sites for hydroxylation is 3. The average Bonchev–Trinajstić information content (AvgIpc) is 3.32. The van der Waals surface area contributed by atoms with E-state index in [1.54, 1.807) is 7.11 Å². The Labute approximate surface area is 152 Å². The standard InChI is InChI=1S/C20H23N3O3/c1-12-9-13(2)23(21-12)15-7-8-22(11-15)20(24)19-14(3)17-6-5-16(25-4)10-18(17)26-19/h5-6,9-10,15H,7-8,11H2,1-4H3/t15-/m0/s1. The molecule has 136 valence electrons. The van der Waals surface area contributed by atoms with Crippen LogP contribution in [0.4, 0.5) is 0 Å². The molecule has 0 radical (unpaired) electrons. The lowest BCUT2D eigenvalue weighted by Crippen LogP contribution is -2.29. The lowest BCUT2D eigenvalue weighted by atomic mass is 10.1. The van der Waals surface area contributed by atoms with Crippen LogP contribution in [0.2, 0.25) is 0 Å². The SMILES string of the molecule is COc1ccc2c(C)c(C(=O)N3CC[C@H](n4nc(C)cc4C)C3)oc2c1. The number of hydrogen-bond donors (Lipinski definition) is 0. The number of rotatable bonds is 3. The van der Waals surface area contributed by atoms with Gasteiger partial charge in [-0.05, 0) is 45.4 Å². The normalized spacial score (nSPS) is 17.2. The molecule has 1 aliphatic rings. The number of methoxy groups -OCH3 is 1. The molecular weight excluding hydrogens is 330 g/mol. The molecule has 6 heteroatoms. The van der Waals surface area contributed by atoms with Gasteiger partial charge in [-0.25, -0.2) is 0 Å². The van der Waals surface area contributed by atoms with Gasteiger partial charge in [0.1, 0.15) is 11.3 Å². The predicted octanol–water partition coefficient (Wildman–Crippen LogP) is 3.65. The minimum atomic E-state index is -0.0540. The quantitative estimate of drug-likeness (QED) is 0.721. The Hall–Kier alpha value is -2.76. The third-order valence-electron chi connectivity index (χ3n) is 5.18. The minimum absolute atomic E-state index is 0.0540. The molecule has 3 aromatic rings. The van der Waals surface area contributed by atoms with E-state index in [1.807, 2.05) is 41.6 Å². The van der Waals surface area contributed by atoms with E-state index in [-0.39, 0.29) is 11.9 Å². The Morgan fingerprint density at radius 3 is 2.77 bits per heavy atom. The molecule has 1 aromatic carbocycles. The second-order valence-corrected chi connectivity index (χ2v) is 6.98. The minimum Gasteiger partial charge on any atom is -0.497 e. The molecule has 6 nitrogen and oxygen atoms in total. The number of likely N-dealkylation sites (tertiary alicyclic amines) is 1. The number of nitrogens with zero attached hydrogens (tertiary/aromatic N) is 3. The number of aromatic nitrogens is 2. The first-order chi connectivity index (χ1) is 12.5. The highest BCUT2D eigenvalue weighted by Gasteiger charge is 2.32. The molecule has 1 saturated heterocycles. The Morgan fingerprint density at radius 2 is 2.08 bits per heavy atom. The zero-order chi connectivity index (χ0) is 18.4. The van der Waals surface area contributed by atoms with Crippen molar-refractivity contribution < 1.29 is 13.9 Å². The van der Waals surface area contributed by atoms with Crippen molar-refractivity contribution in [3.8, 4) is 5.75 Å². The summed E-state index contributed by atoms with van der Waals surface area (Å²) in [6.45, 7) is 7.34. The summed E-state index contributed by atoms with van der Waals surface area (Å²) in [5.74, 6) is 1.08. The van der Waals surface area contributed by atoms with Crippen molar-refractivity contribution in [2.45, 2.75) is 33.2 Å². The number of hydrogen-bond acceptors (Lipinski definition) is 4. The second-order valence-electron chi connectivity index (χ2n) is 6.98. The van der Waals surface area contributed by atoms with Crippen LogP contribution in [-0.2, 0) is 0 Å². The molecule has 0 saturated carbocycles. The smallest absolute Gasteiger partial charge is 0.289 e. The summed E-state index contributed by atoms with van der Waals surface area (Å²) in [6, 6.07) is 7.93. The number of carbonyl (C=O) groups is 1. The summed E-state index contributed by atoms with van der Waals surface area (Å²) in [7, 11) is 1.62. The summed E-state index contributed by atoms with van der Waals surface area (Å²) >= 11 is 0. The molecule has 1 aliphatic heterocycles. The van der Waals surface area contributed by atoms with Gasteiger partial charge in [0, 0.05) is 35.8 Å². The van der Waals surface area contributed by atoms with Crippen LogP contribution in [0.1, 0.15) is 40.0 Å². The number of ether oxygens (including phenoxy) is 1. The van der Waals surface area contributed by atoms with Crippen molar-refractivity contribution in [2.24, 2.45) is 0 Å². The van der Waals surface area contributed by atoms with Crippen molar-refractivity contribution in [1.29, 1.82) is 0 Å². The van der Waals surface area contributed by atoms with Gasteiger partial charge in [0.05, 0.1) is 18.8 Å². The van der Waals surface area contributed by atoms with E-state index >= 15 is 0 Å². The molecular formula is C20H23N3O3. The fraction of sp³-hybridized carbons (Fsp3) is 0.400. The van der Waals surface area contributed by atoms with Crippen LogP contribution in [-0.4, -0.2) is 40.8 Å². The molecule has 1 fully saturated rings. The molecule has 1 atom stereocenters.